The molecule has 1 unspecified atom stereocenters. The van der Waals surface area contributed by atoms with Crippen molar-refractivity contribution in [1.82, 2.24) is 20.0 Å². The fourth-order valence-electron chi connectivity index (χ4n) is 2.89. The Morgan fingerprint density at radius 3 is 2.95 bits per heavy atom. The molecule has 1 aromatic heterocycles. The van der Waals surface area contributed by atoms with Gasteiger partial charge in [0, 0.05) is 38.3 Å². The molecule has 1 N–H and O–H groups in total. The first kappa shape index (κ1) is 15.3. The third kappa shape index (κ3) is 3.59. The number of morpholine rings is 1. The number of hydrogen-bond donors (Lipinski definition) is 1. The van der Waals surface area contributed by atoms with Gasteiger partial charge in [0.15, 0.2) is 0 Å². The van der Waals surface area contributed by atoms with E-state index in [-0.39, 0.29) is 0 Å². The highest BCUT2D eigenvalue weighted by molar-refractivity contribution is 6.31. The van der Waals surface area contributed by atoms with Crippen molar-refractivity contribution < 1.29 is 4.74 Å². The molecule has 3 rings (SSSR count). The van der Waals surface area contributed by atoms with Crippen LogP contribution in [0.15, 0.2) is 0 Å². The number of aromatic nitrogens is 2. The standard InChI is InChI=1S/C15H25ClN4O/c1-3-20-14(15(16)11(2)18-20)9-19-6-7-21-10-13(19)8-17-12-4-5-12/h12-13,17H,3-10H2,1-2H3. The predicted molar refractivity (Wildman–Crippen MR) is 83.7 cm³/mol. The van der Waals surface area contributed by atoms with Gasteiger partial charge in [-0.1, -0.05) is 11.6 Å². The molecule has 21 heavy (non-hydrogen) atoms. The van der Waals surface area contributed by atoms with E-state index in [2.05, 4.69) is 22.2 Å². The average Bonchev–Trinajstić information content (AvgIpc) is 3.28. The number of rotatable bonds is 6. The maximum absolute atomic E-state index is 6.44. The SMILES string of the molecule is CCn1nc(C)c(Cl)c1CN1CCOCC1CNC1CC1. The number of hydrogen-bond acceptors (Lipinski definition) is 4. The fourth-order valence-corrected chi connectivity index (χ4v) is 3.08. The van der Waals surface area contributed by atoms with Crippen molar-refractivity contribution >= 4 is 11.6 Å². The van der Waals surface area contributed by atoms with Gasteiger partial charge in [-0.05, 0) is 26.7 Å². The Hall–Kier alpha value is -0.620. The predicted octanol–water partition coefficient (Wildman–Crippen LogP) is 1.82. The molecule has 2 heterocycles. The third-order valence-corrected chi connectivity index (χ3v) is 4.87. The van der Waals surface area contributed by atoms with Gasteiger partial charge in [-0.2, -0.15) is 5.10 Å². The summed E-state index contributed by atoms with van der Waals surface area (Å²) in [4.78, 5) is 2.48. The van der Waals surface area contributed by atoms with Crippen molar-refractivity contribution in [2.75, 3.05) is 26.3 Å². The zero-order chi connectivity index (χ0) is 14.8. The molecule has 2 aliphatic rings. The van der Waals surface area contributed by atoms with Gasteiger partial charge in [0.05, 0.1) is 29.6 Å². The van der Waals surface area contributed by atoms with Crippen molar-refractivity contribution in [2.45, 2.75) is 51.9 Å². The van der Waals surface area contributed by atoms with Crippen molar-refractivity contribution in [1.29, 1.82) is 0 Å². The second kappa shape index (κ2) is 6.65. The van der Waals surface area contributed by atoms with Gasteiger partial charge in [0.25, 0.3) is 0 Å². The summed E-state index contributed by atoms with van der Waals surface area (Å²) in [7, 11) is 0. The van der Waals surface area contributed by atoms with E-state index < -0.39 is 0 Å². The van der Waals surface area contributed by atoms with Crippen LogP contribution >= 0.6 is 11.6 Å². The summed E-state index contributed by atoms with van der Waals surface area (Å²) >= 11 is 6.44. The lowest BCUT2D eigenvalue weighted by molar-refractivity contribution is -0.0121. The third-order valence-electron chi connectivity index (χ3n) is 4.37. The Balaban J connectivity index is 1.68. The van der Waals surface area contributed by atoms with Crippen LogP contribution in [0.5, 0.6) is 0 Å². The van der Waals surface area contributed by atoms with Crippen LogP contribution in [0.1, 0.15) is 31.2 Å². The van der Waals surface area contributed by atoms with E-state index in [9.17, 15) is 0 Å². The van der Waals surface area contributed by atoms with Crippen molar-refractivity contribution in [3.05, 3.63) is 16.4 Å². The number of nitrogens with one attached hydrogen (secondary N) is 1. The minimum Gasteiger partial charge on any atom is -0.378 e. The number of halogens is 1. The van der Waals surface area contributed by atoms with Crippen LogP contribution in [0.3, 0.4) is 0 Å². The summed E-state index contributed by atoms with van der Waals surface area (Å²) in [6.45, 7) is 9.36. The van der Waals surface area contributed by atoms with Gasteiger partial charge in [0.2, 0.25) is 0 Å². The molecule has 0 spiro atoms. The second-order valence-electron chi connectivity index (χ2n) is 6.04. The van der Waals surface area contributed by atoms with Crippen molar-refractivity contribution in [3.63, 3.8) is 0 Å². The maximum atomic E-state index is 6.44. The Kier molecular flexibility index (Phi) is 4.84. The molecule has 6 heteroatoms. The van der Waals surface area contributed by atoms with Gasteiger partial charge < -0.3 is 10.1 Å². The number of ether oxygens (including phenoxy) is 1. The van der Waals surface area contributed by atoms with Crippen molar-refractivity contribution in [2.24, 2.45) is 0 Å². The summed E-state index contributed by atoms with van der Waals surface area (Å²) in [6, 6.07) is 1.16. The molecular weight excluding hydrogens is 288 g/mol. The first-order valence-corrected chi connectivity index (χ1v) is 8.33. The Labute approximate surface area is 131 Å². The highest BCUT2D eigenvalue weighted by Gasteiger charge is 2.28. The van der Waals surface area contributed by atoms with E-state index >= 15 is 0 Å². The van der Waals surface area contributed by atoms with Crippen LogP contribution < -0.4 is 5.32 Å². The molecule has 0 amide bonds. The van der Waals surface area contributed by atoms with Gasteiger partial charge in [-0.15, -0.1) is 0 Å². The van der Waals surface area contributed by atoms with E-state index in [1.807, 2.05) is 11.6 Å². The van der Waals surface area contributed by atoms with Crippen LogP contribution in [0.25, 0.3) is 0 Å². The molecule has 1 aliphatic heterocycles. The molecule has 1 aliphatic carbocycles. The molecule has 0 aromatic carbocycles. The molecule has 1 atom stereocenters. The largest absolute Gasteiger partial charge is 0.378 e. The molecule has 1 saturated heterocycles. The Bertz CT molecular complexity index is 486. The summed E-state index contributed by atoms with van der Waals surface area (Å²) in [5.74, 6) is 0. The molecule has 118 valence electrons. The van der Waals surface area contributed by atoms with Gasteiger partial charge in [-0.25, -0.2) is 0 Å². The molecule has 2 fully saturated rings. The van der Waals surface area contributed by atoms with Gasteiger partial charge in [-0.3, -0.25) is 9.58 Å². The molecule has 1 aromatic rings. The first-order valence-electron chi connectivity index (χ1n) is 7.96. The monoisotopic (exact) mass is 312 g/mol. The lowest BCUT2D eigenvalue weighted by Gasteiger charge is -2.35. The first-order chi connectivity index (χ1) is 10.2. The minimum absolute atomic E-state index is 0.427. The fraction of sp³-hybridized carbons (Fsp3) is 0.800. The van der Waals surface area contributed by atoms with Crippen LogP contribution in [-0.2, 0) is 17.8 Å². The lowest BCUT2D eigenvalue weighted by atomic mass is 10.2. The van der Waals surface area contributed by atoms with E-state index in [0.29, 0.717) is 6.04 Å². The smallest absolute Gasteiger partial charge is 0.0860 e. The average molecular weight is 313 g/mol. The van der Waals surface area contributed by atoms with Crippen LogP contribution in [-0.4, -0.2) is 53.1 Å². The second-order valence-corrected chi connectivity index (χ2v) is 6.42. The normalized spacial score (nSPS) is 23.7. The Morgan fingerprint density at radius 1 is 1.43 bits per heavy atom. The van der Waals surface area contributed by atoms with E-state index in [0.717, 1.165) is 61.8 Å². The summed E-state index contributed by atoms with van der Waals surface area (Å²) in [5, 5.41) is 8.94. The maximum Gasteiger partial charge on any atom is 0.0860 e. The van der Waals surface area contributed by atoms with Crippen LogP contribution in [0, 0.1) is 6.92 Å². The van der Waals surface area contributed by atoms with Crippen molar-refractivity contribution in [3.8, 4) is 0 Å². The molecule has 0 radical (unpaired) electrons. The zero-order valence-corrected chi connectivity index (χ0v) is 13.7. The van der Waals surface area contributed by atoms with Crippen LogP contribution in [0.2, 0.25) is 5.02 Å². The summed E-state index contributed by atoms with van der Waals surface area (Å²) < 4.78 is 7.68. The van der Waals surface area contributed by atoms with Gasteiger partial charge in [0.1, 0.15) is 0 Å². The topological polar surface area (TPSA) is 42.3 Å². The highest BCUT2D eigenvalue weighted by Crippen LogP contribution is 2.24. The van der Waals surface area contributed by atoms with E-state index in [1.54, 1.807) is 0 Å². The Morgan fingerprint density at radius 2 is 2.24 bits per heavy atom. The summed E-state index contributed by atoms with van der Waals surface area (Å²) in [6.07, 6.45) is 2.64. The van der Waals surface area contributed by atoms with E-state index in [4.69, 9.17) is 16.3 Å². The molecule has 0 bridgehead atoms. The minimum atomic E-state index is 0.427. The number of nitrogens with zero attached hydrogens (tertiary/aromatic N) is 3. The quantitative estimate of drug-likeness (QED) is 0.870. The van der Waals surface area contributed by atoms with E-state index in [1.165, 1.54) is 12.8 Å². The molecule has 5 nitrogen and oxygen atoms in total. The molecular formula is C15H25ClN4O. The molecule has 1 saturated carbocycles. The summed E-state index contributed by atoms with van der Waals surface area (Å²) in [5.41, 5.74) is 2.06. The van der Waals surface area contributed by atoms with Gasteiger partial charge >= 0.3 is 0 Å². The zero-order valence-electron chi connectivity index (χ0n) is 12.9. The lowest BCUT2D eigenvalue weighted by Crippen LogP contribution is -2.50. The van der Waals surface area contributed by atoms with Crippen LogP contribution in [0.4, 0.5) is 0 Å². The highest BCUT2D eigenvalue weighted by atomic mass is 35.5. The number of aryl methyl sites for hydroxylation is 2.